The molecule has 0 aromatic heterocycles. The second-order valence-corrected chi connectivity index (χ2v) is 39.1. The van der Waals surface area contributed by atoms with E-state index in [-0.39, 0.29) is 37.7 Å². The van der Waals surface area contributed by atoms with E-state index in [0.29, 0.717) is 120 Å². The van der Waals surface area contributed by atoms with Crippen LogP contribution in [0, 0.1) is 0 Å². The van der Waals surface area contributed by atoms with Crippen molar-refractivity contribution >= 4 is 12.1 Å². The normalized spacial score (nSPS) is 13.6. The van der Waals surface area contributed by atoms with Crippen molar-refractivity contribution in [3.8, 4) is 57.5 Å². The van der Waals surface area contributed by atoms with Gasteiger partial charge < -0.3 is 77.3 Å². The minimum Gasteiger partial charge on any atom is -0.508 e. The van der Waals surface area contributed by atoms with Crippen molar-refractivity contribution in [3.63, 3.8) is 0 Å². The molecular formula is C128H192O18. The van der Waals surface area contributed by atoms with Gasteiger partial charge in [-0.15, -0.1) is 0 Å². The van der Waals surface area contributed by atoms with Gasteiger partial charge in [0.05, 0.1) is 0 Å². The van der Waals surface area contributed by atoms with Crippen LogP contribution in [0.1, 0.15) is 421 Å². The predicted molar refractivity (Wildman–Crippen MR) is 608 cm³/mol. The Morgan fingerprint density at radius 3 is 0.582 bits per heavy atom. The summed E-state index contributed by atoms with van der Waals surface area (Å²) in [4.78, 5) is 23.0. The second kappa shape index (κ2) is 75.6. The molecule has 0 aliphatic carbocycles. The molecule has 10 rings (SSSR count). The predicted octanol–water partition coefficient (Wildman–Crippen LogP) is 36.3. The number of carbonyl (C=O) groups is 2. The molecule has 4 N–H and O–H groups in total. The van der Waals surface area contributed by atoms with E-state index in [1.54, 1.807) is 81.4 Å². The van der Waals surface area contributed by atoms with Crippen LogP contribution in [0.25, 0.3) is 0 Å². The van der Waals surface area contributed by atoms with Gasteiger partial charge in [0.2, 0.25) is 0 Å². The first-order valence-electron chi connectivity index (χ1n) is 53.9. The van der Waals surface area contributed by atoms with Crippen LogP contribution in [0.5, 0.6) is 57.5 Å². The third-order valence-corrected chi connectivity index (χ3v) is 25.1. The lowest BCUT2D eigenvalue weighted by atomic mass is 9.99. The van der Waals surface area contributed by atoms with Crippen LogP contribution >= 0.6 is 0 Å². The van der Waals surface area contributed by atoms with Crippen molar-refractivity contribution in [2.45, 2.75) is 402 Å². The highest BCUT2D eigenvalue weighted by molar-refractivity contribution is 5.71. The van der Waals surface area contributed by atoms with Gasteiger partial charge >= 0.3 is 12.1 Å². The smallest absolute Gasteiger partial charge is 0.508 e. The first kappa shape index (κ1) is 133. The molecule has 10 aromatic carbocycles. The molecule has 0 fully saturated rings. The summed E-state index contributed by atoms with van der Waals surface area (Å²) in [6.45, 7) is 73.1. The standard InChI is InChI=1S/C16H24O3.C15H22O3.C15H24O2.3C14H22O2.4C10H14O/c1-6-12(2)13-7-9-14(10-8-13)18-11-15(17)19-16(3,4)5;1-6-11(2)12-7-9-13(10-8-12)17-14(16)18-15(3,4)5;1-5-12(4)13-8-10-14(11-9-13)17-15(6-2)16-7-3;3*1-5-11(3)13-7-9-14(10-8-13)16-12(4)15-6-2;4*1-3-8(2)9-4-6-10(11)7-5-9/h7-10,12H,6,11H2,1-5H3;7-11H,6H2,1-5H3;8-12,15H,5-7H2,1-4H3;3*7-12H,5-6H2,1-4H3;4*4-8,11H,3H2,1-2H3. The van der Waals surface area contributed by atoms with Gasteiger partial charge in [-0.1, -0.05) is 267 Å². The number of benzene rings is 10. The Bertz CT molecular complexity index is 4520. The lowest BCUT2D eigenvalue weighted by molar-refractivity contribution is -0.157. The molecule has 0 aliphatic rings. The van der Waals surface area contributed by atoms with E-state index in [1.807, 2.05) is 203 Å². The van der Waals surface area contributed by atoms with E-state index >= 15 is 0 Å². The number of ether oxygens (including phenoxy) is 12. The molecule has 0 saturated heterocycles. The van der Waals surface area contributed by atoms with Crippen LogP contribution in [-0.4, -0.2) is 102 Å². The fourth-order valence-electron chi connectivity index (χ4n) is 13.7. The van der Waals surface area contributed by atoms with Crippen LogP contribution in [0.15, 0.2) is 243 Å². The van der Waals surface area contributed by atoms with Gasteiger partial charge in [-0.3, -0.25) is 0 Å². The Kier molecular flexibility index (Phi) is 68.9. The first-order valence-corrected chi connectivity index (χ1v) is 53.9. The molecular weight excluding hydrogens is 1830 g/mol. The SMILES string of the molecule is CCC(C)c1ccc(O)cc1.CCC(C)c1ccc(O)cc1.CCC(C)c1ccc(O)cc1.CCC(C)c1ccc(O)cc1.CCC(C)c1ccc(OC(=O)OC(C)(C)C)cc1.CCC(C)c1ccc(OCC(=O)OC(C)(C)C)cc1.CCOC(C)Oc1ccc(C(C)CC)cc1.CCOC(C)Oc1ccc(C(C)CC)cc1.CCOC(C)Oc1ccc(C(C)CC)cc1.CCOC(CC)Oc1ccc(C(C)CC)cc1. The summed E-state index contributed by atoms with van der Waals surface area (Å²) in [5, 5.41) is 36.0. The molecule has 18 heteroatoms. The number of esters is 1. The second-order valence-electron chi connectivity index (χ2n) is 39.1. The Hall–Kier alpha value is -11.0. The van der Waals surface area contributed by atoms with Gasteiger partial charge in [0.15, 0.2) is 31.8 Å². The van der Waals surface area contributed by atoms with Crippen LogP contribution < -0.4 is 28.4 Å². The average molecular weight is 2020 g/mol. The average Bonchev–Trinajstić information content (AvgIpc) is 0.872. The molecule has 146 heavy (non-hydrogen) atoms. The highest BCUT2D eigenvalue weighted by atomic mass is 16.7. The van der Waals surface area contributed by atoms with Gasteiger partial charge in [-0.2, -0.15) is 0 Å². The van der Waals surface area contributed by atoms with Gasteiger partial charge in [0.1, 0.15) is 68.7 Å². The summed E-state index contributed by atoms with van der Waals surface area (Å²) in [5.41, 5.74) is 12.2. The highest BCUT2D eigenvalue weighted by Gasteiger charge is 2.21. The van der Waals surface area contributed by atoms with Gasteiger partial charge in [-0.05, 0) is 390 Å². The number of aromatic hydroxyl groups is 4. The lowest BCUT2D eigenvalue weighted by Crippen LogP contribution is -2.27. The topological polar surface area (TPSA) is 226 Å². The third-order valence-electron chi connectivity index (χ3n) is 25.1. The molecule has 0 spiro atoms. The maximum atomic E-state index is 11.5. The largest absolute Gasteiger partial charge is 0.514 e. The zero-order valence-electron chi connectivity index (χ0n) is 96.0. The summed E-state index contributed by atoms with van der Waals surface area (Å²) in [5.74, 6) is 11.6. The molecule has 0 amide bonds. The van der Waals surface area contributed by atoms with Gasteiger partial charge in [0.25, 0.3) is 0 Å². The summed E-state index contributed by atoms with van der Waals surface area (Å²) in [7, 11) is 0. The minimum absolute atomic E-state index is 0.0556. The van der Waals surface area contributed by atoms with Crippen molar-refractivity contribution in [3.05, 3.63) is 298 Å². The van der Waals surface area contributed by atoms with E-state index in [1.165, 1.54) is 55.6 Å². The fraction of sp³-hybridized carbons (Fsp3) is 0.516. The van der Waals surface area contributed by atoms with Gasteiger partial charge in [-0.25, -0.2) is 9.59 Å². The van der Waals surface area contributed by atoms with Gasteiger partial charge in [0, 0.05) is 32.8 Å². The van der Waals surface area contributed by atoms with Crippen LogP contribution in [0.4, 0.5) is 4.79 Å². The quantitative estimate of drug-likeness (QED) is 0.0159. The zero-order valence-corrected chi connectivity index (χ0v) is 96.0. The Morgan fingerprint density at radius 2 is 0.404 bits per heavy atom. The summed E-state index contributed by atoms with van der Waals surface area (Å²) in [6.07, 6.45) is 10.9. The van der Waals surface area contributed by atoms with Crippen molar-refractivity contribution in [2.75, 3.05) is 33.0 Å². The number of phenolic OH excluding ortho intramolecular Hbond substituents is 4. The number of carbonyl (C=O) groups excluding carboxylic acids is 2. The maximum absolute atomic E-state index is 11.5. The maximum Gasteiger partial charge on any atom is 0.514 e. The number of hydrogen-bond acceptors (Lipinski definition) is 18. The Labute approximate surface area is 884 Å². The van der Waals surface area contributed by atoms with E-state index in [2.05, 4.69) is 194 Å². The minimum atomic E-state index is -0.668. The molecule has 0 radical (unpaired) electrons. The van der Waals surface area contributed by atoms with Crippen molar-refractivity contribution in [1.82, 2.24) is 0 Å². The molecule has 812 valence electrons. The van der Waals surface area contributed by atoms with Crippen LogP contribution in [0.2, 0.25) is 0 Å². The number of hydrogen-bond donors (Lipinski definition) is 4. The highest BCUT2D eigenvalue weighted by Crippen LogP contribution is 2.32. The molecule has 18 nitrogen and oxygen atoms in total. The molecule has 0 saturated carbocycles. The number of rotatable bonds is 41. The summed E-state index contributed by atoms with van der Waals surface area (Å²) < 4.78 is 64.8. The monoisotopic (exact) mass is 2020 g/mol. The lowest BCUT2D eigenvalue weighted by Gasteiger charge is -2.19. The van der Waals surface area contributed by atoms with Crippen molar-refractivity contribution in [1.29, 1.82) is 0 Å². The zero-order chi connectivity index (χ0) is 110. The van der Waals surface area contributed by atoms with Crippen molar-refractivity contribution < 1.29 is 86.9 Å². The molecule has 0 bridgehead atoms. The molecule has 14 unspecified atom stereocenters. The molecule has 0 heterocycles. The Morgan fingerprint density at radius 1 is 0.226 bits per heavy atom. The summed E-state index contributed by atoms with van der Waals surface area (Å²) in [6, 6.07) is 78.3. The third kappa shape index (κ3) is 59.1. The molecule has 0 aliphatic heterocycles. The van der Waals surface area contributed by atoms with Crippen molar-refractivity contribution in [2.24, 2.45) is 0 Å². The van der Waals surface area contributed by atoms with Crippen LogP contribution in [0.3, 0.4) is 0 Å². The Balaban J connectivity index is 0.000000816. The van der Waals surface area contributed by atoms with Crippen LogP contribution in [-0.2, 0) is 33.2 Å². The first-order chi connectivity index (χ1) is 69.3. The molecule has 10 aromatic rings. The number of phenols is 4. The van der Waals surface area contributed by atoms with E-state index in [0.717, 1.165) is 93.6 Å². The summed E-state index contributed by atoms with van der Waals surface area (Å²) >= 11 is 0. The van der Waals surface area contributed by atoms with E-state index < -0.39 is 17.4 Å². The molecule has 14 atom stereocenters. The van der Waals surface area contributed by atoms with E-state index in [9.17, 15) is 9.59 Å². The van der Waals surface area contributed by atoms with E-state index in [4.69, 9.17) is 77.3 Å². The fourth-order valence-corrected chi connectivity index (χ4v) is 13.7.